The molecule has 0 unspecified atom stereocenters. The van der Waals surface area contributed by atoms with Crippen LogP contribution in [0.3, 0.4) is 0 Å². The molecule has 2 aromatic rings. The molecule has 23 heavy (non-hydrogen) atoms. The molecule has 2 heterocycles. The maximum absolute atomic E-state index is 4.22. The molecule has 1 aliphatic heterocycles. The highest BCUT2D eigenvalue weighted by Gasteiger charge is 2.20. The summed E-state index contributed by atoms with van der Waals surface area (Å²) in [5, 5.41) is 11.9. The van der Waals surface area contributed by atoms with E-state index < -0.39 is 0 Å². The van der Waals surface area contributed by atoms with Crippen LogP contribution in [0, 0.1) is 0 Å². The predicted molar refractivity (Wildman–Crippen MR) is 95.4 cm³/mol. The number of piperidine rings is 1. The van der Waals surface area contributed by atoms with E-state index in [2.05, 4.69) is 57.7 Å². The summed E-state index contributed by atoms with van der Waals surface area (Å²) in [4.78, 5) is 2.32. The fourth-order valence-electron chi connectivity index (χ4n) is 3.00. The average molecular weight is 308 g/mol. The van der Waals surface area contributed by atoms with Gasteiger partial charge in [-0.1, -0.05) is 42.0 Å². The van der Waals surface area contributed by atoms with Gasteiger partial charge < -0.3 is 10.2 Å². The second-order valence-corrected chi connectivity index (χ2v) is 6.15. The number of benzene rings is 1. The monoisotopic (exact) mass is 308 g/mol. The van der Waals surface area contributed by atoms with Gasteiger partial charge in [-0.25, -0.2) is 0 Å². The van der Waals surface area contributed by atoms with Gasteiger partial charge in [-0.05, 0) is 37.5 Å². The molecule has 4 nitrogen and oxygen atoms in total. The predicted octanol–water partition coefficient (Wildman–Crippen LogP) is 3.14. The SMILES string of the molecule is C/C(=C/c1ccccc1)CN[C@@H]1CCCN(c2cccnn2)C1. The first-order valence-corrected chi connectivity index (χ1v) is 8.29. The Morgan fingerprint density at radius 2 is 2.13 bits per heavy atom. The van der Waals surface area contributed by atoms with E-state index in [0.717, 1.165) is 25.5 Å². The van der Waals surface area contributed by atoms with Gasteiger partial charge in [0.15, 0.2) is 5.82 Å². The summed E-state index contributed by atoms with van der Waals surface area (Å²) < 4.78 is 0. The zero-order valence-corrected chi connectivity index (χ0v) is 13.7. The lowest BCUT2D eigenvalue weighted by atomic mass is 10.0. The van der Waals surface area contributed by atoms with Crippen LogP contribution in [0.2, 0.25) is 0 Å². The molecule has 120 valence electrons. The minimum absolute atomic E-state index is 0.505. The Morgan fingerprint density at radius 3 is 2.91 bits per heavy atom. The van der Waals surface area contributed by atoms with Crippen LogP contribution in [0.15, 0.2) is 54.2 Å². The van der Waals surface area contributed by atoms with E-state index in [9.17, 15) is 0 Å². The molecule has 1 N–H and O–H groups in total. The molecule has 1 aromatic carbocycles. The van der Waals surface area contributed by atoms with E-state index in [4.69, 9.17) is 0 Å². The zero-order chi connectivity index (χ0) is 15.9. The molecule has 0 bridgehead atoms. The van der Waals surface area contributed by atoms with Gasteiger partial charge in [0.1, 0.15) is 0 Å². The minimum Gasteiger partial charge on any atom is -0.354 e. The third-order valence-corrected chi connectivity index (χ3v) is 4.19. The van der Waals surface area contributed by atoms with E-state index in [-0.39, 0.29) is 0 Å². The first kappa shape index (κ1) is 15.7. The van der Waals surface area contributed by atoms with Gasteiger partial charge in [-0.2, -0.15) is 5.10 Å². The van der Waals surface area contributed by atoms with Crippen LogP contribution in [-0.2, 0) is 0 Å². The number of hydrogen-bond donors (Lipinski definition) is 1. The van der Waals surface area contributed by atoms with Crippen LogP contribution < -0.4 is 10.2 Å². The molecule has 0 spiro atoms. The molecule has 4 heteroatoms. The Kier molecular flexibility index (Phi) is 5.37. The quantitative estimate of drug-likeness (QED) is 0.921. The van der Waals surface area contributed by atoms with Crippen molar-refractivity contribution in [1.82, 2.24) is 15.5 Å². The topological polar surface area (TPSA) is 41.0 Å². The van der Waals surface area contributed by atoms with E-state index in [1.807, 2.05) is 18.2 Å². The molecular formula is C19H24N4. The van der Waals surface area contributed by atoms with Crippen LogP contribution in [-0.4, -0.2) is 35.9 Å². The normalized spacial score (nSPS) is 18.9. The molecule has 1 atom stereocenters. The highest BCUT2D eigenvalue weighted by atomic mass is 15.3. The summed E-state index contributed by atoms with van der Waals surface area (Å²) in [7, 11) is 0. The lowest BCUT2D eigenvalue weighted by Gasteiger charge is -2.33. The number of anilines is 1. The maximum atomic E-state index is 4.22. The number of hydrogen-bond acceptors (Lipinski definition) is 4. The van der Waals surface area contributed by atoms with E-state index >= 15 is 0 Å². The Labute approximate surface area is 138 Å². The Morgan fingerprint density at radius 1 is 1.26 bits per heavy atom. The standard InChI is InChI=1S/C19H24N4/c1-16(13-17-7-3-2-4-8-17)14-20-18-9-6-12-23(15-18)19-10-5-11-21-22-19/h2-5,7-8,10-11,13,18,20H,6,9,12,14-15H2,1H3/b16-13-/t18-/m1/s1. The summed E-state index contributed by atoms with van der Waals surface area (Å²) in [6, 6.07) is 15.0. The third kappa shape index (κ3) is 4.63. The number of aromatic nitrogens is 2. The van der Waals surface area contributed by atoms with Crippen LogP contribution >= 0.6 is 0 Å². The Balaban J connectivity index is 1.53. The maximum Gasteiger partial charge on any atom is 0.151 e. The van der Waals surface area contributed by atoms with Gasteiger partial charge in [0, 0.05) is 31.9 Å². The third-order valence-electron chi connectivity index (χ3n) is 4.19. The van der Waals surface area contributed by atoms with Crippen molar-refractivity contribution >= 4 is 11.9 Å². The molecule has 0 amide bonds. The van der Waals surface area contributed by atoms with Crippen molar-refractivity contribution in [3.05, 3.63) is 59.8 Å². The van der Waals surface area contributed by atoms with Gasteiger partial charge in [0.25, 0.3) is 0 Å². The molecule has 1 aliphatic rings. The van der Waals surface area contributed by atoms with Crippen molar-refractivity contribution in [2.24, 2.45) is 0 Å². The molecule has 0 saturated carbocycles. The van der Waals surface area contributed by atoms with Crippen molar-refractivity contribution in [3.8, 4) is 0 Å². The summed E-state index contributed by atoms with van der Waals surface area (Å²) in [6.07, 6.45) is 6.38. The summed E-state index contributed by atoms with van der Waals surface area (Å²) >= 11 is 0. The van der Waals surface area contributed by atoms with Crippen LogP contribution in [0.25, 0.3) is 6.08 Å². The van der Waals surface area contributed by atoms with Crippen molar-refractivity contribution in [3.63, 3.8) is 0 Å². The van der Waals surface area contributed by atoms with E-state index in [1.54, 1.807) is 6.20 Å². The van der Waals surface area contributed by atoms with Crippen molar-refractivity contribution < 1.29 is 0 Å². The lowest BCUT2D eigenvalue weighted by Crippen LogP contribution is -2.46. The first-order valence-electron chi connectivity index (χ1n) is 8.29. The van der Waals surface area contributed by atoms with Gasteiger partial charge >= 0.3 is 0 Å². The van der Waals surface area contributed by atoms with Crippen LogP contribution in [0.5, 0.6) is 0 Å². The smallest absolute Gasteiger partial charge is 0.151 e. The lowest BCUT2D eigenvalue weighted by molar-refractivity contribution is 0.432. The van der Waals surface area contributed by atoms with Crippen LogP contribution in [0.1, 0.15) is 25.3 Å². The summed E-state index contributed by atoms with van der Waals surface area (Å²) in [5.41, 5.74) is 2.62. The van der Waals surface area contributed by atoms with Crippen molar-refractivity contribution in [1.29, 1.82) is 0 Å². The number of nitrogens with zero attached hydrogens (tertiary/aromatic N) is 3. The molecule has 1 saturated heterocycles. The fourth-order valence-corrected chi connectivity index (χ4v) is 3.00. The molecule has 3 rings (SSSR count). The highest BCUT2D eigenvalue weighted by Crippen LogP contribution is 2.17. The van der Waals surface area contributed by atoms with E-state index in [1.165, 1.54) is 24.0 Å². The van der Waals surface area contributed by atoms with Crippen molar-refractivity contribution in [2.45, 2.75) is 25.8 Å². The molecule has 1 fully saturated rings. The van der Waals surface area contributed by atoms with Gasteiger partial charge in [0.05, 0.1) is 0 Å². The van der Waals surface area contributed by atoms with E-state index in [0.29, 0.717) is 6.04 Å². The molecule has 0 radical (unpaired) electrons. The average Bonchev–Trinajstić information content (AvgIpc) is 2.62. The molecule has 1 aromatic heterocycles. The Bertz CT molecular complexity index is 624. The second-order valence-electron chi connectivity index (χ2n) is 6.15. The summed E-state index contributed by atoms with van der Waals surface area (Å²) in [6.45, 7) is 5.17. The van der Waals surface area contributed by atoms with Crippen LogP contribution in [0.4, 0.5) is 5.82 Å². The zero-order valence-electron chi connectivity index (χ0n) is 13.7. The Hall–Kier alpha value is -2.20. The van der Waals surface area contributed by atoms with Gasteiger partial charge in [-0.15, -0.1) is 5.10 Å². The largest absolute Gasteiger partial charge is 0.354 e. The molecular weight excluding hydrogens is 284 g/mol. The second kappa shape index (κ2) is 7.88. The minimum atomic E-state index is 0.505. The fraction of sp³-hybridized carbons (Fsp3) is 0.368. The number of rotatable bonds is 5. The summed E-state index contributed by atoms with van der Waals surface area (Å²) in [5.74, 6) is 0.982. The van der Waals surface area contributed by atoms with Gasteiger partial charge in [0.2, 0.25) is 0 Å². The van der Waals surface area contributed by atoms with Gasteiger partial charge in [-0.3, -0.25) is 0 Å². The number of nitrogens with one attached hydrogen (secondary N) is 1. The first-order chi connectivity index (χ1) is 11.3. The highest BCUT2D eigenvalue weighted by molar-refractivity contribution is 5.52. The molecule has 0 aliphatic carbocycles. The van der Waals surface area contributed by atoms with Crippen molar-refractivity contribution in [2.75, 3.05) is 24.5 Å².